The minimum atomic E-state index is -0.435. The van der Waals surface area contributed by atoms with Crippen LogP contribution in [0.15, 0.2) is 28.3 Å². The number of aldehydes is 1. The minimum Gasteiger partial charge on any atom is -0.298 e. The Morgan fingerprint density at radius 3 is 3.00 bits per heavy atom. The van der Waals surface area contributed by atoms with Crippen LogP contribution in [-0.2, 0) is 0 Å². The molecule has 1 saturated carbocycles. The minimum absolute atomic E-state index is 0.268. The maximum Gasteiger partial charge on any atom is 0.214 e. The molecule has 0 unspecified atom stereocenters. The molecule has 1 aliphatic rings. The molecule has 2 aromatic rings. The number of hydrogen-bond acceptors (Lipinski definition) is 5. The Morgan fingerprint density at radius 1 is 1.44 bits per heavy atom. The second-order valence-corrected chi connectivity index (χ2v) is 4.99. The number of rotatable bonds is 4. The monoisotopic (exact) mass is 264 g/mol. The fourth-order valence-electron chi connectivity index (χ4n) is 1.62. The van der Waals surface area contributed by atoms with Gasteiger partial charge in [0, 0.05) is 5.56 Å². The van der Waals surface area contributed by atoms with Crippen molar-refractivity contribution in [2.45, 2.75) is 28.9 Å². The van der Waals surface area contributed by atoms with E-state index < -0.39 is 5.82 Å². The summed E-state index contributed by atoms with van der Waals surface area (Å²) in [5, 5.41) is 11.9. The lowest BCUT2D eigenvalue weighted by atomic mass is 10.2. The molecule has 0 spiro atoms. The predicted octanol–water partition coefficient (Wildman–Crippen LogP) is 2.11. The molecule has 0 radical (unpaired) electrons. The molecule has 0 N–H and O–H groups in total. The van der Waals surface area contributed by atoms with Gasteiger partial charge in [0.05, 0.1) is 10.9 Å². The molecule has 0 amide bonds. The first-order valence-electron chi connectivity index (χ1n) is 5.49. The second kappa shape index (κ2) is 4.49. The van der Waals surface area contributed by atoms with Gasteiger partial charge < -0.3 is 0 Å². The average molecular weight is 264 g/mol. The van der Waals surface area contributed by atoms with E-state index >= 15 is 0 Å². The number of benzene rings is 1. The zero-order valence-electron chi connectivity index (χ0n) is 9.28. The summed E-state index contributed by atoms with van der Waals surface area (Å²) in [5.74, 6) is -0.435. The summed E-state index contributed by atoms with van der Waals surface area (Å²) in [6, 6.07) is 4.71. The van der Waals surface area contributed by atoms with Crippen molar-refractivity contribution >= 4 is 18.0 Å². The van der Waals surface area contributed by atoms with Crippen LogP contribution in [0.4, 0.5) is 4.39 Å². The van der Waals surface area contributed by atoms with Crippen LogP contribution < -0.4 is 0 Å². The molecular formula is C11H9FN4OS. The highest BCUT2D eigenvalue weighted by atomic mass is 32.2. The van der Waals surface area contributed by atoms with Crippen molar-refractivity contribution in [1.82, 2.24) is 20.2 Å². The molecule has 5 nitrogen and oxygen atoms in total. The molecule has 7 heteroatoms. The Balaban J connectivity index is 1.96. The Bertz CT molecular complexity index is 596. The van der Waals surface area contributed by atoms with Crippen molar-refractivity contribution < 1.29 is 9.18 Å². The van der Waals surface area contributed by atoms with E-state index in [1.165, 1.54) is 12.1 Å². The second-order valence-electron chi connectivity index (χ2n) is 4.02. The van der Waals surface area contributed by atoms with Crippen molar-refractivity contribution in [1.29, 1.82) is 0 Å². The third-order valence-corrected chi connectivity index (χ3v) is 3.76. The first kappa shape index (κ1) is 11.3. The van der Waals surface area contributed by atoms with E-state index in [-0.39, 0.29) is 4.90 Å². The summed E-state index contributed by atoms with van der Waals surface area (Å²) in [7, 11) is 0. The third kappa shape index (κ3) is 2.01. The number of carbonyl (C=O) groups is 1. The van der Waals surface area contributed by atoms with E-state index in [1.807, 2.05) is 0 Å². The first-order chi connectivity index (χ1) is 8.79. The van der Waals surface area contributed by atoms with Crippen molar-refractivity contribution in [3.63, 3.8) is 0 Å². The molecule has 18 heavy (non-hydrogen) atoms. The largest absolute Gasteiger partial charge is 0.298 e. The Morgan fingerprint density at radius 2 is 2.28 bits per heavy atom. The third-order valence-electron chi connectivity index (χ3n) is 2.67. The van der Waals surface area contributed by atoms with Gasteiger partial charge in [0.2, 0.25) is 5.16 Å². The summed E-state index contributed by atoms with van der Waals surface area (Å²) in [6.45, 7) is 0. The van der Waals surface area contributed by atoms with Crippen LogP contribution in [0.25, 0.3) is 0 Å². The van der Waals surface area contributed by atoms with Gasteiger partial charge in [-0.15, -0.1) is 5.10 Å². The summed E-state index contributed by atoms with van der Waals surface area (Å²) >= 11 is 1.09. The molecule has 1 fully saturated rings. The van der Waals surface area contributed by atoms with Crippen LogP contribution in [0.2, 0.25) is 0 Å². The van der Waals surface area contributed by atoms with Crippen LogP contribution >= 0.6 is 11.8 Å². The zero-order chi connectivity index (χ0) is 12.5. The van der Waals surface area contributed by atoms with E-state index in [9.17, 15) is 9.18 Å². The lowest BCUT2D eigenvalue weighted by Gasteiger charge is -2.05. The molecule has 92 valence electrons. The maximum absolute atomic E-state index is 13.7. The van der Waals surface area contributed by atoms with Gasteiger partial charge in [-0.05, 0) is 41.1 Å². The number of hydrogen-bond donors (Lipinski definition) is 0. The highest BCUT2D eigenvalue weighted by Gasteiger charge is 2.28. The smallest absolute Gasteiger partial charge is 0.214 e. The lowest BCUT2D eigenvalue weighted by Crippen LogP contribution is -1.99. The molecule has 0 atom stereocenters. The van der Waals surface area contributed by atoms with E-state index in [2.05, 4.69) is 15.5 Å². The Kier molecular flexibility index (Phi) is 2.83. The van der Waals surface area contributed by atoms with Gasteiger partial charge in [-0.1, -0.05) is 12.1 Å². The quantitative estimate of drug-likeness (QED) is 0.791. The van der Waals surface area contributed by atoms with E-state index in [1.54, 1.807) is 10.7 Å². The van der Waals surface area contributed by atoms with Gasteiger partial charge in [0.1, 0.15) is 5.82 Å². The van der Waals surface area contributed by atoms with Crippen LogP contribution in [0.5, 0.6) is 0 Å². The van der Waals surface area contributed by atoms with Gasteiger partial charge in [-0.3, -0.25) is 4.79 Å². The van der Waals surface area contributed by atoms with Crippen molar-refractivity contribution in [3.8, 4) is 0 Å². The predicted molar refractivity (Wildman–Crippen MR) is 62.0 cm³/mol. The van der Waals surface area contributed by atoms with Crippen molar-refractivity contribution in [2.75, 3.05) is 0 Å². The van der Waals surface area contributed by atoms with Crippen molar-refractivity contribution in [3.05, 3.63) is 29.6 Å². The SMILES string of the molecule is O=Cc1cccc(F)c1Sc1nnnn1C1CC1. The van der Waals surface area contributed by atoms with E-state index in [0.29, 0.717) is 23.0 Å². The van der Waals surface area contributed by atoms with Crippen LogP contribution in [0, 0.1) is 5.82 Å². The standard InChI is InChI=1S/C11H9FN4OS/c12-9-3-1-2-7(6-17)10(9)18-11-13-14-15-16(11)8-4-5-8/h1-3,6,8H,4-5H2. The van der Waals surface area contributed by atoms with Crippen LogP contribution in [0.3, 0.4) is 0 Å². The molecule has 1 aromatic carbocycles. The molecular weight excluding hydrogens is 255 g/mol. The summed E-state index contributed by atoms with van der Waals surface area (Å²) < 4.78 is 15.4. The first-order valence-corrected chi connectivity index (χ1v) is 6.30. The van der Waals surface area contributed by atoms with Gasteiger partial charge in [0.25, 0.3) is 0 Å². The van der Waals surface area contributed by atoms with Gasteiger partial charge >= 0.3 is 0 Å². The van der Waals surface area contributed by atoms with Gasteiger partial charge in [-0.2, -0.15) is 0 Å². The fraction of sp³-hybridized carbons (Fsp3) is 0.273. The van der Waals surface area contributed by atoms with Crippen molar-refractivity contribution in [2.24, 2.45) is 0 Å². The number of aromatic nitrogens is 4. The average Bonchev–Trinajstić information content (AvgIpc) is 3.12. The zero-order valence-corrected chi connectivity index (χ0v) is 10.1. The van der Waals surface area contributed by atoms with E-state index in [0.717, 1.165) is 24.6 Å². The number of tetrazole rings is 1. The Labute approximate surface area is 106 Å². The van der Waals surface area contributed by atoms with Gasteiger partial charge in [0.15, 0.2) is 6.29 Å². The number of carbonyl (C=O) groups excluding carboxylic acids is 1. The number of nitrogens with zero attached hydrogens (tertiary/aromatic N) is 4. The highest BCUT2D eigenvalue weighted by Crippen LogP contribution is 2.38. The van der Waals surface area contributed by atoms with Crippen LogP contribution in [-0.4, -0.2) is 26.5 Å². The molecule has 3 rings (SSSR count). The normalized spacial score (nSPS) is 14.7. The molecule has 0 aliphatic heterocycles. The lowest BCUT2D eigenvalue weighted by molar-refractivity contribution is 0.112. The van der Waals surface area contributed by atoms with Crippen LogP contribution in [0.1, 0.15) is 29.2 Å². The topological polar surface area (TPSA) is 60.7 Å². The molecule has 1 aliphatic carbocycles. The highest BCUT2D eigenvalue weighted by molar-refractivity contribution is 7.99. The molecule has 1 heterocycles. The Hall–Kier alpha value is -1.76. The van der Waals surface area contributed by atoms with E-state index in [4.69, 9.17) is 0 Å². The number of halogens is 1. The molecule has 0 bridgehead atoms. The molecule has 1 aromatic heterocycles. The fourth-order valence-corrected chi connectivity index (χ4v) is 2.56. The van der Waals surface area contributed by atoms with Gasteiger partial charge in [-0.25, -0.2) is 9.07 Å². The summed E-state index contributed by atoms with van der Waals surface area (Å²) in [5.41, 5.74) is 0.311. The summed E-state index contributed by atoms with van der Waals surface area (Å²) in [6.07, 6.45) is 2.71. The molecule has 0 saturated heterocycles. The maximum atomic E-state index is 13.7. The summed E-state index contributed by atoms with van der Waals surface area (Å²) in [4.78, 5) is 11.2.